The third-order valence-corrected chi connectivity index (χ3v) is 4.60. The molecule has 0 aliphatic rings. The Balaban J connectivity index is 1.98. The molecule has 0 amide bonds. The molecule has 5 heteroatoms. The molecule has 0 spiro atoms. The van der Waals surface area contributed by atoms with Gasteiger partial charge in [-0.3, -0.25) is 0 Å². The average molecular weight is 312 g/mol. The van der Waals surface area contributed by atoms with Crippen molar-refractivity contribution in [2.75, 3.05) is 0 Å². The predicted molar refractivity (Wildman–Crippen MR) is 85.3 cm³/mol. The normalized spacial score (nSPS) is 11.3. The van der Waals surface area contributed by atoms with Crippen LogP contribution in [0.1, 0.15) is 10.6 Å². The summed E-state index contributed by atoms with van der Waals surface area (Å²) in [7, 11) is 0. The molecule has 2 heterocycles. The first kappa shape index (κ1) is 13.7. The van der Waals surface area contributed by atoms with Gasteiger partial charge in [-0.1, -0.05) is 24.3 Å². The standard InChI is InChI=1S/C16H9FN2S2/c17-13-5-2-1-4-11(13)8-12(9-18)16-19-14(10-21-16)15-6-3-7-20-15/h1-8,10H/b12-8+. The van der Waals surface area contributed by atoms with E-state index in [1.54, 1.807) is 29.5 Å². The van der Waals surface area contributed by atoms with Crippen LogP contribution in [0.5, 0.6) is 0 Å². The maximum absolute atomic E-state index is 13.7. The Morgan fingerprint density at radius 3 is 2.76 bits per heavy atom. The highest BCUT2D eigenvalue weighted by molar-refractivity contribution is 7.14. The van der Waals surface area contributed by atoms with Crippen LogP contribution >= 0.6 is 22.7 Å². The Kier molecular flexibility index (Phi) is 3.91. The maximum Gasteiger partial charge on any atom is 0.134 e. The minimum Gasteiger partial charge on any atom is -0.234 e. The van der Waals surface area contributed by atoms with Gasteiger partial charge in [-0.15, -0.1) is 22.7 Å². The first-order chi connectivity index (χ1) is 10.3. The summed E-state index contributed by atoms with van der Waals surface area (Å²) < 4.78 is 13.7. The molecule has 3 aromatic rings. The zero-order valence-corrected chi connectivity index (χ0v) is 12.4. The van der Waals surface area contributed by atoms with Crippen molar-refractivity contribution in [3.05, 3.63) is 63.5 Å². The third-order valence-electron chi connectivity index (χ3n) is 2.83. The van der Waals surface area contributed by atoms with E-state index in [9.17, 15) is 9.65 Å². The molecule has 0 unspecified atom stereocenters. The number of allylic oxidation sites excluding steroid dienone is 1. The summed E-state index contributed by atoms with van der Waals surface area (Å²) in [5.41, 5.74) is 1.61. The SMILES string of the molecule is N#C/C(=C\c1ccccc1F)c1nc(-c2cccs2)cs1. The van der Waals surface area contributed by atoms with Gasteiger partial charge in [0.25, 0.3) is 0 Å². The lowest BCUT2D eigenvalue weighted by atomic mass is 10.1. The van der Waals surface area contributed by atoms with Gasteiger partial charge in [-0.05, 0) is 23.6 Å². The molecule has 3 rings (SSSR count). The van der Waals surface area contributed by atoms with E-state index in [1.165, 1.54) is 23.5 Å². The van der Waals surface area contributed by atoms with Crippen LogP contribution in [0.25, 0.3) is 22.2 Å². The molecular weight excluding hydrogens is 303 g/mol. The maximum atomic E-state index is 13.7. The lowest BCUT2D eigenvalue weighted by molar-refractivity contribution is 0.625. The van der Waals surface area contributed by atoms with Crippen LogP contribution in [0, 0.1) is 17.1 Å². The van der Waals surface area contributed by atoms with E-state index >= 15 is 0 Å². The van der Waals surface area contributed by atoms with E-state index in [0.29, 0.717) is 16.1 Å². The monoisotopic (exact) mass is 312 g/mol. The summed E-state index contributed by atoms with van der Waals surface area (Å²) in [5.74, 6) is -0.347. The largest absolute Gasteiger partial charge is 0.234 e. The van der Waals surface area contributed by atoms with Crippen molar-refractivity contribution in [3.8, 4) is 16.6 Å². The summed E-state index contributed by atoms with van der Waals surface area (Å²) in [6, 6.07) is 12.4. The van der Waals surface area contributed by atoms with Gasteiger partial charge in [-0.25, -0.2) is 9.37 Å². The molecule has 0 aliphatic heterocycles. The number of nitrogens with zero attached hydrogens (tertiary/aromatic N) is 2. The van der Waals surface area contributed by atoms with E-state index < -0.39 is 0 Å². The zero-order chi connectivity index (χ0) is 14.7. The fourth-order valence-electron chi connectivity index (χ4n) is 1.82. The van der Waals surface area contributed by atoms with E-state index in [4.69, 9.17) is 0 Å². The Hall–Kier alpha value is -2.29. The highest BCUT2D eigenvalue weighted by atomic mass is 32.1. The number of thiazole rings is 1. The van der Waals surface area contributed by atoms with Crippen molar-refractivity contribution in [1.29, 1.82) is 5.26 Å². The lowest BCUT2D eigenvalue weighted by Gasteiger charge is -1.97. The van der Waals surface area contributed by atoms with Gasteiger partial charge < -0.3 is 0 Å². The van der Waals surface area contributed by atoms with E-state index in [0.717, 1.165) is 10.6 Å². The van der Waals surface area contributed by atoms with E-state index in [-0.39, 0.29) is 5.82 Å². The molecule has 0 aliphatic carbocycles. The van der Waals surface area contributed by atoms with Crippen LogP contribution in [0.2, 0.25) is 0 Å². The fourth-order valence-corrected chi connectivity index (χ4v) is 3.37. The number of rotatable bonds is 3. The molecule has 1 aromatic carbocycles. The lowest BCUT2D eigenvalue weighted by Crippen LogP contribution is -1.84. The van der Waals surface area contributed by atoms with Crippen LogP contribution < -0.4 is 0 Å². The second-order valence-corrected chi connectivity index (χ2v) is 6.01. The minimum atomic E-state index is -0.347. The molecule has 0 saturated heterocycles. The molecule has 0 bridgehead atoms. The second kappa shape index (κ2) is 6.00. The van der Waals surface area contributed by atoms with Gasteiger partial charge in [0.15, 0.2) is 0 Å². The van der Waals surface area contributed by atoms with E-state index in [1.807, 2.05) is 22.9 Å². The Bertz CT molecular complexity index is 826. The number of thiophene rings is 1. The van der Waals surface area contributed by atoms with Crippen molar-refractivity contribution in [2.45, 2.75) is 0 Å². The summed E-state index contributed by atoms with van der Waals surface area (Å²) >= 11 is 2.98. The van der Waals surface area contributed by atoms with Gasteiger partial charge in [0.05, 0.1) is 16.1 Å². The smallest absolute Gasteiger partial charge is 0.134 e. The number of nitriles is 1. The van der Waals surface area contributed by atoms with Crippen molar-refractivity contribution in [2.24, 2.45) is 0 Å². The average Bonchev–Trinajstić information content (AvgIpc) is 3.17. The van der Waals surface area contributed by atoms with Gasteiger partial charge in [0.1, 0.15) is 16.9 Å². The number of benzene rings is 1. The van der Waals surface area contributed by atoms with Crippen LogP contribution in [0.3, 0.4) is 0 Å². The summed E-state index contributed by atoms with van der Waals surface area (Å²) in [5, 5.41) is 13.8. The molecular formula is C16H9FN2S2. The van der Waals surface area contributed by atoms with Gasteiger partial charge in [-0.2, -0.15) is 5.26 Å². The fraction of sp³-hybridized carbons (Fsp3) is 0. The van der Waals surface area contributed by atoms with Crippen molar-refractivity contribution < 1.29 is 4.39 Å². The molecule has 2 aromatic heterocycles. The molecule has 21 heavy (non-hydrogen) atoms. The summed E-state index contributed by atoms with van der Waals surface area (Å²) in [6.07, 6.45) is 1.53. The van der Waals surface area contributed by atoms with Crippen molar-refractivity contribution >= 4 is 34.3 Å². The van der Waals surface area contributed by atoms with Gasteiger partial charge in [0, 0.05) is 10.9 Å². The van der Waals surface area contributed by atoms with Gasteiger partial charge >= 0.3 is 0 Å². The summed E-state index contributed by atoms with van der Waals surface area (Å²) in [4.78, 5) is 5.52. The first-order valence-electron chi connectivity index (χ1n) is 6.14. The second-order valence-electron chi connectivity index (χ2n) is 4.21. The number of aromatic nitrogens is 1. The van der Waals surface area contributed by atoms with Gasteiger partial charge in [0.2, 0.25) is 0 Å². The van der Waals surface area contributed by atoms with Crippen LogP contribution in [0.15, 0.2) is 47.2 Å². The summed E-state index contributed by atoms with van der Waals surface area (Å²) in [6.45, 7) is 0. The Morgan fingerprint density at radius 1 is 1.19 bits per heavy atom. The Labute approximate surface area is 129 Å². The first-order valence-corrected chi connectivity index (χ1v) is 7.90. The molecule has 0 fully saturated rings. The highest BCUT2D eigenvalue weighted by Crippen LogP contribution is 2.29. The minimum absolute atomic E-state index is 0.347. The molecule has 0 atom stereocenters. The number of hydrogen-bond acceptors (Lipinski definition) is 4. The molecule has 0 radical (unpaired) electrons. The highest BCUT2D eigenvalue weighted by Gasteiger charge is 2.10. The number of hydrogen-bond donors (Lipinski definition) is 0. The molecule has 0 N–H and O–H groups in total. The van der Waals surface area contributed by atoms with E-state index in [2.05, 4.69) is 11.1 Å². The topological polar surface area (TPSA) is 36.7 Å². The number of halogens is 1. The predicted octanol–water partition coefficient (Wildman–Crippen LogP) is 5.07. The van der Waals surface area contributed by atoms with Crippen LogP contribution in [0.4, 0.5) is 4.39 Å². The van der Waals surface area contributed by atoms with Crippen molar-refractivity contribution in [1.82, 2.24) is 4.98 Å². The Morgan fingerprint density at radius 2 is 2.05 bits per heavy atom. The third kappa shape index (κ3) is 2.92. The quantitative estimate of drug-likeness (QED) is 0.633. The molecule has 102 valence electrons. The van der Waals surface area contributed by atoms with Crippen LogP contribution in [-0.4, -0.2) is 4.98 Å². The molecule has 2 nitrogen and oxygen atoms in total. The van der Waals surface area contributed by atoms with Crippen LogP contribution in [-0.2, 0) is 0 Å². The zero-order valence-electron chi connectivity index (χ0n) is 10.8. The van der Waals surface area contributed by atoms with Crippen molar-refractivity contribution in [3.63, 3.8) is 0 Å². The molecule has 0 saturated carbocycles.